The lowest BCUT2D eigenvalue weighted by Gasteiger charge is -2.23. The second-order valence-corrected chi connectivity index (χ2v) is 8.58. The van der Waals surface area contributed by atoms with Crippen LogP contribution in [0.1, 0.15) is 41.5 Å². The Hall–Kier alpha value is 0.548. The van der Waals surface area contributed by atoms with E-state index in [0.717, 1.165) is 0 Å². The van der Waals surface area contributed by atoms with E-state index in [4.69, 9.17) is 19.2 Å². The van der Waals surface area contributed by atoms with Gasteiger partial charge in [0.2, 0.25) is 0 Å². The molecule has 8 nitrogen and oxygen atoms in total. The molecule has 12 heteroatoms. The lowest BCUT2D eigenvalue weighted by Crippen LogP contribution is -2.49. The predicted octanol–water partition coefficient (Wildman–Crippen LogP) is -2.02. The lowest BCUT2D eigenvalue weighted by molar-refractivity contribution is 0.133. The fourth-order valence-electron chi connectivity index (χ4n) is 0.527. The summed E-state index contributed by atoms with van der Waals surface area (Å²) in [5, 5.41) is 0. The second-order valence-electron chi connectivity index (χ2n) is 1.77. The molecule has 0 aromatic carbocycles. The van der Waals surface area contributed by atoms with Gasteiger partial charge in [-0.05, 0) is 0 Å². The highest BCUT2D eigenvalue weighted by Gasteiger charge is 2.33. The van der Waals surface area contributed by atoms with Crippen molar-refractivity contribution < 1.29 is 35.6 Å². The number of hydrogen-bond donors (Lipinski definition) is 4. The van der Waals surface area contributed by atoms with E-state index in [2.05, 4.69) is 16.5 Å². The molecule has 4 N–H and O–H groups in total. The van der Waals surface area contributed by atoms with Crippen molar-refractivity contribution >= 4 is 38.1 Å². The van der Waals surface area contributed by atoms with E-state index in [-0.39, 0.29) is 0 Å². The van der Waals surface area contributed by atoms with Crippen LogP contribution in [0.15, 0.2) is 0 Å². The SMILES string of the molecule is CC.CC.CC.O[SiH]1O[SiH](O)O[SiH](O)O[SiH](O)O1. The molecule has 1 aliphatic heterocycles. The first kappa shape index (κ1) is 23.6. The molecule has 0 amide bonds. The largest absolute Gasteiger partial charge is 0.466 e. The van der Waals surface area contributed by atoms with Crippen LogP contribution in [0.25, 0.3) is 0 Å². The zero-order valence-electron chi connectivity index (χ0n) is 11.7. The Balaban J connectivity index is -0.000000328. The second kappa shape index (κ2) is 17.5. The van der Waals surface area contributed by atoms with Gasteiger partial charge in [-0.2, -0.15) is 0 Å². The van der Waals surface area contributed by atoms with E-state index in [9.17, 15) is 0 Å². The van der Waals surface area contributed by atoms with Crippen molar-refractivity contribution in [3.05, 3.63) is 0 Å². The summed E-state index contributed by atoms with van der Waals surface area (Å²) in [6, 6.07) is 0. The first-order valence-electron chi connectivity index (χ1n) is 5.92. The normalized spacial score (nSPS) is 31.0. The van der Waals surface area contributed by atoms with Crippen LogP contribution in [-0.4, -0.2) is 57.3 Å². The first-order valence-corrected chi connectivity index (χ1v) is 11.8. The lowest BCUT2D eigenvalue weighted by atomic mass is 11.0. The third-order valence-corrected chi connectivity index (χ3v) is 8.38. The molecule has 0 atom stereocenters. The van der Waals surface area contributed by atoms with Gasteiger partial charge in [0.25, 0.3) is 0 Å². The molecule has 0 bridgehead atoms. The Kier molecular flexibility index (Phi) is 23.0. The Morgan fingerprint density at radius 3 is 0.667 bits per heavy atom. The Morgan fingerprint density at radius 2 is 0.556 bits per heavy atom. The maximum Gasteiger partial charge on any atom is 0.466 e. The number of hydrogen-bond acceptors (Lipinski definition) is 8. The summed E-state index contributed by atoms with van der Waals surface area (Å²) in [7, 11) is -12.1. The van der Waals surface area contributed by atoms with E-state index in [0.29, 0.717) is 0 Å². The standard InChI is InChI=1S/3C2H6.H8O8Si4/c3*1-2;1-9-5-10(2)7-12(4)8-11(3)6-9/h3*1-2H3;1-4,9-12H. The van der Waals surface area contributed by atoms with Gasteiger partial charge in [0.15, 0.2) is 0 Å². The van der Waals surface area contributed by atoms with Crippen LogP contribution in [0, 0.1) is 0 Å². The summed E-state index contributed by atoms with van der Waals surface area (Å²) in [4.78, 5) is 35.4. The van der Waals surface area contributed by atoms with Crippen LogP contribution < -0.4 is 0 Å². The molecule has 0 aromatic heterocycles. The summed E-state index contributed by atoms with van der Waals surface area (Å²) >= 11 is 0. The van der Waals surface area contributed by atoms with Crippen LogP contribution in [0.3, 0.4) is 0 Å². The van der Waals surface area contributed by atoms with Crippen LogP contribution in [0.2, 0.25) is 0 Å². The van der Waals surface area contributed by atoms with Gasteiger partial charge in [0, 0.05) is 0 Å². The molecule has 1 fully saturated rings. The summed E-state index contributed by atoms with van der Waals surface area (Å²) in [6.07, 6.45) is 0. The highest BCUT2D eigenvalue weighted by Crippen LogP contribution is 2.00. The van der Waals surface area contributed by atoms with Gasteiger partial charge >= 0.3 is 38.1 Å². The first-order chi connectivity index (χ1) is 8.58. The van der Waals surface area contributed by atoms with Crippen molar-refractivity contribution in [1.82, 2.24) is 0 Å². The molecular formula is C6H26O8Si4. The number of rotatable bonds is 0. The van der Waals surface area contributed by atoms with Crippen molar-refractivity contribution in [1.29, 1.82) is 0 Å². The van der Waals surface area contributed by atoms with Gasteiger partial charge < -0.3 is 35.6 Å². The molecule has 1 aliphatic rings. The third kappa shape index (κ3) is 14.6. The quantitative estimate of drug-likeness (QED) is 0.374. The zero-order chi connectivity index (χ0) is 15.1. The highest BCUT2D eigenvalue weighted by molar-refractivity contribution is 6.65. The molecule has 0 radical (unpaired) electrons. The molecule has 1 rings (SSSR count). The molecule has 1 saturated heterocycles. The fourth-order valence-corrected chi connectivity index (χ4v) is 7.05. The Morgan fingerprint density at radius 1 is 0.444 bits per heavy atom. The average Bonchev–Trinajstić information content (AvgIpc) is 2.34. The predicted molar refractivity (Wildman–Crippen MR) is 75.9 cm³/mol. The Labute approximate surface area is 116 Å². The topological polar surface area (TPSA) is 118 Å². The van der Waals surface area contributed by atoms with Crippen LogP contribution in [-0.2, 0) is 16.5 Å². The molecule has 18 heavy (non-hydrogen) atoms. The van der Waals surface area contributed by atoms with E-state index < -0.39 is 38.1 Å². The third-order valence-electron chi connectivity index (χ3n) is 0.931. The van der Waals surface area contributed by atoms with Crippen LogP contribution >= 0.6 is 0 Å². The fraction of sp³-hybridized carbons (Fsp3) is 1.00. The maximum absolute atomic E-state index is 8.86. The van der Waals surface area contributed by atoms with E-state index in [1.807, 2.05) is 41.5 Å². The van der Waals surface area contributed by atoms with Gasteiger partial charge in [-0.25, -0.2) is 0 Å². The van der Waals surface area contributed by atoms with Crippen LogP contribution in [0.4, 0.5) is 0 Å². The van der Waals surface area contributed by atoms with Crippen molar-refractivity contribution in [3.63, 3.8) is 0 Å². The van der Waals surface area contributed by atoms with Gasteiger partial charge in [-0.1, -0.05) is 41.5 Å². The average molecular weight is 339 g/mol. The summed E-state index contributed by atoms with van der Waals surface area (Å²) in [5.74, 6) is 0. The summed E-state index contributed by atoms with van der Waals surface area (Å²) in [5.41, 5.74) is 0. The van der Waals surface area contributed by atoms with Crippen molar-refractivity contribution in [2.75, 3.05) is 0 Å². The molecule has 0 spiro atoms. The van der Waals surface area contributed by atoms with Gasteiger partial charge in [0.1, 0.15) is 0 Å². The van der Waals surface area contributed by atoms with E-state index >= 15 is 0 Å². The molecule has 0 unspecified atom stereocenters. The zero-order valence-corrected chi connectivity index (χ0v) is 16.4. The maximum atomic E-state index is 8.86. The van der Waals surface area contributed by atoms with Crippen molar-refractivity contribution in [2.24, 2.45) is 0 Å². The molecule has 114 valence electrons. The van der Waals surface area contributed by atoms with E-state index in [1.54, 1.807) is 0 Å². The molecular weight excluding hydrogens is 312 g/mol. The van der Waals surface area contributed by atoms with Gasteiger partial charge in [-0.15, -0.1) is 0 Å². The molecule has 1 heterocycles. The minimum absolute atomic E-state index is 2.00. The summed E-state index contributed by atoms with van der Waals surface area (Å²) < 4.78 is 17.8. The minimum atomic E-state index is -3.03. The van der Waals surface area contributed by atoms with E-state index in [1.165, 1.54) is 0 Å². The van der Waals surface area contributed by atoms with Gasteiger partial charge in [0.05, 0.1) is 0 Å². The molecule has 0 saturated carbocycles. The highest BCUT2D eigenvalue weighted by atomic mass is 28.5. The van der Waals surface area contributed by atoms with Crippen molar-refractivity contribution in [3.8, 4) is 0 Å². The Bertz CT molecular complexity index is 116. The monoisotopic (exact) mass is 338 g/mol. The smallest absolute Gasteiger partial charge is 0.393 e. The van der Waals surface area contributed by atoms with Crippen molar-refractivity contribution in [2.45, 2.75) is 41.5 Å². The van der Waals surface area contributed by atoms with Gasteiger partial charge in [-0.3, -0.25) is 0 Å². The minimum Gasteiger partial charge on any atom is -0.393 e. The molecule has 0 aliphatic carbocycles. The summed E-state index contributed by atoms with van der Waals surface area (Å²) in [6.45, 7) is 12.0. The van der Waals surface area contributed by atoms with Crippen LogP contribution in [0.5, 0.6) is 0 Å². The molecule has 0 aromatic rings.